The Labute approximate surface area is 146 Å². The Bertz CT molecular complexity index is 616. The number of aryl methyl sites for hydroxylation is 1. The van der Waals surface area contributed by atoms with Crippen molar-refractivity contribution in [3.8, 4) is 0 Å². The van der Waals surface area contributed by atoms with Gasteiger partial charge < -0.3 is 14.6 Å². The molecule has 1 saturated heterocycles. The summed E-state index contributed by atoms with van der Waals surface area (Å²) in [5.74, 6) is -0.0477. The Morgan fingerprint density at radius 2 is 1.67 bits per heavy atom. The van der Waals surface area contributed by atoms with Gasteiger partial charge in [0.1, 0.15) is 0 Å². The molecule has 0 aromatic heterocycles. The van der Waals surface area contributed by atoms with Crippen LogP contribution in [-0.4, -0.2) is 30.8 Å². The molecule has 132 valence electrons. The monoisotopic (exact) mass is 331 g/mol. The molecular weight excluding hydrogens is 301 g/mol. The van der Waals surface area contributed by atoms with Crippen LogP contribution in [-0.2, 0) is 9.31 Å². The van der Waals surface area contributed by atoms with Crippen molar-refractivity contribution in [2.24, 2.45) is 5.41 Å². The van der Waals surface area contributed by atoms with Crippen molar-refractivity contribution in [1.82, 2.24) is 5.32 Å². The van der Waals surface area contributed by atoms with E-state index in [1.807, 2.05) is 52.8 Å². The predicted molar refractivity (Wildman–Crippen MR) is 98.7 cm³/mol. The number of amides is 1. The maximum atomic E-state index is 12.3. The van der Waals surface area contributed by atoms with Crippen LogP contribution >= 0.6 is 0 Å². The van der Waals surface area contributed by atoms with E-state index in [-0.39, 0.29) is 22.5 Å². The van der Waals surface area contributed by atoms with E-state index in [2.05, 4.69) is 26.1 Å². The molecule has 0 saturated carbocycles. The van der Waals surface area contributed by atoms with Crippen molar-refractivity contribution in [3.05, 3.63) is 29.3 Å². The molecule has 4 nitrogen and oxygen atoms in total. The topological polar surface area (TPSA) is 47.6 Å². The average molecular weight is 331 g/mol. The average Bonchev–Trinajstić information content (AvgIpc) is 2.63. The molecule has 1 aromatic rings. The number of carbonyl (C=O) groups is 1. The quantitative estimate of drug-likeness (QED) is 0.866. The summed E-state index contributed by atoms with van der Waals surface area (Å²) in [4.78, 5) is 12.3. The lowest BCUT2D eigenvalue weighted by Gasteiger charge is -2.32. The normalized spacial score (nSPS) is 19.4. The van der Waals surface area contributed by atoms with Crippen LogP contribution in [0, 0.1) is 12.3 Å². The molecule has 1 aliphatic rings. The lowest BCUT2D eigenvalue weighted by Crippen LogP contribution is -2.41. The fourth-order valence-corrected chi connectivity index (χ4v) is 2.50. The van der Waals surface area contributed by atoms with Gasteiger partial charge in [-0.05, 0) is 57.6 Å². The summed E-state index contributed by atoms with van der Waals surface area (Å²) in [6.45, 7) is 17.1. The van der Waals surface area contributed by atoms with Gasteiger partial charge in [0, 0.05) is 12.1 Å². The number of hydrogen-bond acceptors (Lipinski definition) is 3. The summed E-state index contributed by atoms with van der Waals surface area (Å²) in [5, 5.41) is 2.98. The lowest BCUT2D eigenvalue weighted by molar-refractivity contribution is 0.00578. The molecule has 0 bridgehead atoms. The van der Waals surface area contributed by atoms with Gasteiger partial charge in [0.2, 0.25) is 0 Å². The predicted octanol–water partition coefficient (Wildman–Crippen LogP) is 3.07. The standard InChI is InChI=1S/C19H30BNO3/c1-13-11-14(16(22)21-12-17(2,3)4)9-10-15(13)20-23-18(5,6)19(7,8)24-20/h9-11H,12H2,1-8H3,(H,21,22). The van der Waals surface area contributed by atoms with Gasteiger partial charge in [0.15, 0.2) is 0 Å². The molecule has 1 fully saturated rings. The summed E-state index contributed by atoms with van der Waals surface area (Å²) in [6, 6.07) is 5.67. The number of hydrogen-bond donors (Lipinski definition) is 1. The third-order valence-electron chi connectivity index (χ3n) is 4.82. The minimum Gasteiger partial charge on any atom is -0.399 e. The molecule has 1 aliphatic heterocycles. The molecule has 0 aliphatic carbocycles. The molecule has 1 aromatic carbocycles. The second-order valence-electron chi connectivity index (χ2n) is 8.90. The van der Waals surface area contributed by atoms with Gasteiger partial charge >= 0.3 is 7.12 Å². The first-order chi connectivity index (χ1) is 10.8. The van der Waals surface area contributed by atoms with E-state index in [1.165, 1.54) is 0 Å². The molecular formula is C19H30BNO3. The lowest BCUT2D eigenvalue weighted by atomic mass is 9.76. The maximum Gasteiger partial charge on any atom is 0.495 e. The first-order valence-corrected chi connectivity index (χ1v) is 8.57. The van der Waals surface area contributed by atoms with Crippen LogP contribution in [0.15, 0.2) is 18.2 Å². The van der Waals surface area contributed by atoms with Crippen molar-refractivity contribution >= 4 is 18.5 Å². The fraction of sp³-hybridized carbons (Fsp3) is 0.632. The van der Waals surface area contributed by atoms with E-state index in [4.69, 9.17) is 9.31 Å². The van der Waals surface area contributed by atoms with Crippen LogP contribution < -0.4 is 10.8 Å². The highest BCUT2D eigenvalue weighted by Crippen LogP contribution is 2.36. The fourth-order valence-electron chi connectivity index (χ4n) is 2.50. The largest absolute Gasteiger partial charge is 0.495 e. The summed E-state index contributed by atoms with van der Waals surface area (Å²) in [7, 11) is -0.401. The molecule has 5 heteroatoms. The van der Waals surface area contributed by atoms with Crippen LogP contribution in [0.4, 0.5) is 0 Å². The third kappa shape index (κ3) is 4.01. The van der Waals surface area contributed by atoms with E-state index < -0.39 is 7.12 Å². The number of carbonyl (C=O) groups excluding carboxylic acids is 1. The Hall–Kier alpha value is -1.33. The smallest absolute Gasteiger partial charge is 0.399 e. The molecule has 0 atom stereocenters. The molecule has 2 rings (SSSR count). The summed E-state index contributed by atoms with van der Waals surface area (Å²) in [5.41, 5.74) is 1.96. The van der Waals surface area contributed by atoms with E-state index >= 15 is 0 Å². The molecule has 1 heterocycles. The number of rotatable bonds is 3. The zero-order chi connectivity index (χ0) is 18.3. The van der Waals surface area contributed by atoms with E-state index in [0.717, 1.165) is 11.0 Å². The maximum absolute atomic E-state index is 12.3. The second-order valence-corrected chi connectivity index (χ2v) is 8.90. The second kappa shape index (κ2) is 6.19. The van der Waals surface area contributed by atoms with E-state index in [0.29, 0.717) is 12.1 Å². The van der Waals surface area contributed by atoms with Crippen LogP contribution in [0.1, 0.15) is 64.4 Å². The third-order valence-corrected chi connectivity index (χ3v) is 4.82. The molecule has 1 amide bonds. The molecule has 0 spiro atoms. The van der Waals surface area contributed by atoms with Crippen LogP contribution in [0.5, 0.6) is 0 Å². The first-order valence-electron chi connectivity index (χ1n) is 8.57. The molecule has 1 N–H and O–H groups in total. The Morgan fingerprint density at radius 1 is 1.12 bits per heavy atom. The van der Waals surface area contributed by atoms with E-state index in [9.17, 15) is 4.79 Å². The zero-order valence-electron chi connectivity index (χ0n) is 16.2. The van der Waals surface area contributed by atoms with Crippen molar-refractivity contribution < 1.29 is 14.1 Å². The first kappa shape index (κ1) is 19.0. The van der Waals surface area contributed by atoms with Crippen molar-refractivity contribution in [3.63, 3.8) is 0 Å². The van der Waals surface area contributed by atoms with Gasteiger partial charge in [-0.3, -0.25) is 4.79 Å². The molecule has 0 radical (unpaired) electrons. The van der Waals surface area contributed by atoms with E-state index in [1.54, 1.807) is 0 Å². The SMILES string of the molecule is Cc1cc(C(=O)NCC(C)(C)C)ccc1B1OC(C)(C)C(C)(C)O1. The van der Waals surface area contributed by atoms with Crippen molar-refractivity contribution in [2.75, 3.05) is 6.54 Å². The van der Waals surface area contributed by atoms with Gasteiger partial charge in [-0.15, -0.1) is 0 Å². The van der Waals surface area contributed by atoms with Gasteiger partial charge in [-0.2, -0.15) is 0 Å². The number of benzene rings is 1. The molecule has 0 unspecified atom stereocenters. The summed E-state index contributed by atoms with van der Waals surface area (Å²) >= 11 is 0. The molecule has 24 heavy (non-hydrogen) atoms. The van der Waals surface area contributed by atoms with Gasteiger partial charge in [-0.1, -0.05) is 32.4 Å². The van der Waals surface area contributed by atoms with Crippen LogP contribution in [0.2, 0.25) is 0 Å². The van der Waals surface area contributed by atoms with Crippen LogP contribution in [0.25, 0.3) is 0 Å². The van der Waals surface area contributed by atoms with Crippen molar-refractivity contribution in [2.45, 2.75) is 66.6 Å². The summed E-state index contributed by atoms with van der Waals surface area (Å²) in [6.07, 6.45) is 0. The van der Waals surface area contributed by atoms with Crippen LogP contribution in [0.3, 0.4) is 0 Å². The highest BCUT2D eigenvalue weighted by Gasteiger charge is 2.52. The Morgan fingerprint density at radius 3 is 2.12 bits per heavy atom. The minimum atomic E-state index is -0.401. The summed E-state index contributed by atoms with van der Waals surface area (Å²) < 4.78 is 12.2. The van der Waals surface area contributed by atoms with Gasteiger partial charge in [0.05, 0.1) is 11.2 Å². The number of nitrogens with one attached hydrogen (secondary N) is 1. The van der Waals surface area contributed by atoms with Crippen molar-refractivity contribution in [1.29, 1.82) is 0 Å². The Balaban J connectivity index is 2.15. The minimum absolute atomic E-state index is 0.0477. The highest BCUT2D eigenvalue weighted by molar-refractivity contribution is 6.62. The Kier molecular flexibility index (Phi) is 4.91. The highest BCUT2D eigenvalue weighted by atomic mass is 16.7. The van der Waals surface area contributed by atoms with Gasteiger partial charge in [-0.25, -0.2) is 0 Å². The van der Waals surface area contributed by atoms with Gasteiger partial charge in [0.25, 0.3) is 5.91 Å². The zero-order valence-corrected chi connectivity index (χ0v) is 16.2.